The molecule has 2 heterocycles. The van der Waals surface area contributed by atoms with Crippen molar-refractivity contribution in [1.82, 2.24) is 14.3 Å². The minimum Gasteiger partial charge on any atom is -0.490 e. The topological polar surface area (TPSA) is 138 Å². The van der Waals surface area contributed by atoms with Crippen LogP contribution in [0.4, 0.5) is 5.69 Å². The van der Waals surface area contributed by atoms with Crippen molar-refractivity contribution in [2.75, 3.05) is 31.7 Å². The molecule has 3 rings (SSSR count). The molecule has 0 saturated heterocycles. The molecule has 0 atom stereocenters. The summed E-state index contributed by atoms with van der Waals surface area (Å²) in [6.45, 7) is 2.08. The van der Waals surface area contributed by atoms with E-state index in [0.29, 0.717) is 36.2 Å². The summed E-state index contributed by atoms with van der Waals surface area (Å²) >= 11 is 0. The number of hydrogen-bond acceptors (Lipinski definition) is 8. The van der Waals surface area contributed by atoms with Crippen LogP contribution in [0.3, 0.4) is 0 Å². The number of fused-ring (bicyclic) bond motifs is 1. The lowest BCUT2D eigenvalue weighted by molar-refractivity contribution is -0.147. The molecule has 1 aromatic heterocycles. The second-order valence-corrected chi connectivity index (χ2v) is 8.52. The zero-order valence-corrected chi connectivity index (χ0v) is 18.0. The summed E-state index contributed by atoms with van der Waals surface area (Å²) in [4.78, 5) is 27.8. The summed E-state index contributed by atoms with van der Waals surface area (Å²) in [5, 5.41) is 2.47. The Morgan fingerprint density at radius 1 is 1.23 bits per heavy atom. The number of carbonyl (C=O) groups excluding carboxylic acids is 2. The summed E-state index contributed by atoms with van der Waals surface area (Å²) < 4.78 is 44.1. The quantitative estimate of drug-likeness (QED) is 0.560. The molecule has 1 aromatic carbocycles. The van der Waals surface area contributed by atoms with Gasteiger partial charge in [0.05, 0.1) is 19.6 Å². The van der Waals surface area contributed by atoms with E-state index in [0.717, 1.165) is 6.42 Å². The van der Waals surface area contributed by atoms with Gasteiger partial charge in [-0.05, 0) is 19.1 Å². The average molecular weight is 452 g/mol. The zero-order chi connectivity index (χ0) is 22.4. The molecule has 31 heavy (non-hydrogen) atoms. The maximum atomic E-state index is 12.1. The first-order valence-corrected chi connectivity index (χ1v) is 11.1. The van der Waals surface area contributed by atoms with Crippen LogP contribution in [-0.4, -0.2) is 56.2 Å². The molecule has 0 saturated carbocycles. The van der Waals surface area contributed by atoms with Gasteiger partial charge in [0, 0.05) is 38.0 Å². The third-order valence-corrected chi connectivity index (χ3v) is 5.71. The van der Waals surface area contributed by atoms with E-state index in [2.05, 4.69) is 15.0 Å². The summed E-state index contributed by atoms with van der Waals surface area (Å²) in [7, 11) is -2.15. The zero-order valence-electron chi connectivity index (χ0n) is 17.2. The van der Waals surface area contributed by atoms with Crippen LogP contribution >= 0.6 is 0 Å². The molecule has 11 nitrogen and oxygen atoms in total. The summed E-state index contributed by atoms with van der Waals surface area (Å²) in [6, 6.07) is 4.98. The molecule has 0 aliphatic carbocycles. The molecule has 1 aliphatic rings. The van der Waals surface area contributed by atoms with E-state index in [4.69, 9.17) is 14.2 Å². The Bertz CT molecular complexity index is 1050. The van der Waals surface area contributed by atoms with Crippen molar-refractivity contribution in [1.29, 1.82) is 0 Å². The average Bonchev–Trinajstić information content (AvgIpc) is 2.92. The number of esters is 1. The van der Waals surface area contributed by atoms with Crippen molar-refractivity contribution in [2.24, 2.45) is 7.05 Å². The number of imidazole rings is 1. The Balaban J connectivity index is 1.41. The first kappa shape index (κ1) is 22.6. The number of aryl methyl sites for hydroxylation is 2. The Labute approximate surface area is 179 Å². The molecule has 0 fully saturated rings. The van der Waals surface area contributed by atoms with E-state index in [1.165, 1.54) is 6.20 Å². The van der Waals surface area contributed by atoms with Gasteiger partial charge in [-0.1, -0.05) is 0 Å². The van der Waals surface area contributed by atoms with Gasteiger partial charge in [-0.15, -0.1) is 0 Å². The molecule has 0 bridgehead atoms. The molecular weight excluding hydrogens is 428 g/mol. The highest BCUT2D eigenvalue weighted by Gasteiger charge is 2.19. The van der Waals surface area contributed by atoms with Gasteiger partial charge in [0.2, 0.25) is 0 Å². The van der Waals surface area contributed by atoms with E-state index >= 15 is 0 Å². The van der Waals surface area contributed by atoms with Crippen LogP contribution in [0, 0.1) is 6.92 Å². The Kier molecular flexibility index (Phi) is 7.13. The second-order valence-electron chi connectivity index (χ2n) is 6.81. The van der Waals surface area contributed by atoms with E-state index in [1.54, 1.807) is 36.7 Å². The van der Waals surface area contributed by atoms with Gasteiger partial charge < -0.3 is 24.1 Å². The van der Waals surface area contributed by atoms with Crippen LogP contribution in [0.15, 0.2) is 29.4 Å². The molecule has 0 spiro atoms. The third kappa shape index (κ3) is 6.18. The summed E-state index contributed by atoms with van der Waals surface area (Å²) in [5.41, 5.74) is 0.476. The number of hydrogen-bond donors (Lipinski definition) is 2. The van der Waals surface area contributed by atoms with Crippen LogP contribution in [0.5, 0.6) is 11.5 Å². The number of nitrogens with zero attached hydrogens (tertiary/aromatic N) is 2. The number of sulfonamides is 1. The maximum absolute atomic E-state index is 12.1. The van der Waals surface area contributed by atoms with Crippen LogP contribution in [0.25, 0.3) is 0 Å². The number of amides is 1. The van der Waals surface area contributed by atoms with Crippen molar-refractivity contribution in [3.63, 3.8) is 0 Å². The standard InChI is InChI=1S/C19H24N4O7S/c1-13-21-18(11-23(13)2)31(26,27)20-7-6-19(25)30-12-17(24)22-14-4-5-15-16(10-14)29-9-3-8-28-15/h4-5,10-11,20H,3,6-9,12H2,1-2H3,(H,22,24). The number of nitrogens with one attached hydrogen (secondary N) is 2. The molecule has 2 aromatic rings. The number of carbonyl (C=O) groups is 2. The van der Waals surface area contributed by atoms with Gasteiger partial charge in [0.25, 0.3) is 15.9 Å². The van der Waals surface area contributed by atoms with Gasteiger partial charge in [-0.25, -0.2) is 18.1 Å². The number of ether oxygens (including phenoxy) is 3. The van der Waals surface area contributed by atoms with Gasteiger partial charge in [-0.3, -0.25) is 9.59 Å². The number of benzene rings is 1. The van der Waals surface area contributed by atoms with Crippen molar-refractivity contribution >= 4 is 27.6 Å². The Morgan fingerprint density at radius 3 is 2.68 bits per heavy atom. The number of rotatable bonds is 8. The molecule has 0 unspecified atom stereocenters. The SMILES string of the molecule is Cc1nc(S(=O)(=O)NCCC(=O)OCC(=O)Nc2ccc3c(c2)OCCCO3)cn1C. The molecular formula is C19H24N4O7S. The van der Waals surface area contributed by atoms with Crippen LogP contribution in [-0.2, 0) is 31.4 Å². The van der Waals surface area contributed by atoms with Crippen molar-refractivity contribution in [3.8, 4) is 11.5 Å². The second kappa shape index (κ2) is 9.79. The van der Waals surface area contributed by atoms with Crippen LogP contribution in [0.2, 0.25) is 0 Å². The molecule has 0 radical (unpaired) electrons. The fourth-order valence-electron chi connectivity index (χ4n) is 2.67. The fourth-order valence-corrected chi connectivity index (χ4v) is 3.74. The lowest BCUT2D eigenvalue weighted by atomic mass is 10.2. The highest BCUT2D eigenvalue weighted by Crippen LogP contribution is 2.32. The third-order valence-electron chi connectivity index (χ3n) is 4.38. The van der Waals surface area contributed by atoms with E-state index in [9.17, 15) is 18.0 Å². The number of anilines is 1. The minimum absolute atomic E-state index is 0.129. The smallest absolute Gasteiger partial charge is 0.307 e. The minimum atomic E-state index is -3.83. The highest BCUT2D eigenvalue weighted by molar-refractivity contribution is 7.89. The van der Waals surface area contributed by atoms with Crippen molar-refractivity contribution in [3.05, 3.63) is 30.2 Å². The molecule has 2 N–H and O–H groups in total. The normalized spacial score (nSPS) is 13.4. The first-order valence-electron chi connectivity index (χ1n) is 9.59. The maximum Gasteiger partial charge on any atom is 0.307 e. The molecule has 12 heteroatoms. The first-order chi connectivity index (χ1) is 14.7. The number of aromatic nitrogens is 2. The highest BCUT2D eigenvalue weighted by atomic mass is 32.2. The van der Waals surface area contributed by atoms with E-state index in [1.807, 2.05) is 0 Å². The molecule has 1 aliphatic heterocycles. The van der Waals surface area contributed by atoms with Gasteiger partial charge in [-0.2, -0.15) is 0 Å². The van der Waals surface area contributed by atoms with Crippen LogP contribution in [0.1, 0.15) is 18.7 Å². The summed E-state index contributed by atoms with van der Waals surface area (Å²) in [5.74, 6) is 0.424. The lowest BCUT2D eigenvalue weighted by Gasteiger charge is -2.10. The van der Waals surface area contributed by atoms with E-state index < -0.39 is 28.5 Å². The largest absolute Gasteiger partial charge is 0.490 e. The predicted molar refractivity (Wildman–Crippen MR) is 109 cm³/mol. The Hall–Kier alpha value is -3.12. The molecule has 1 amide bonds. The Morgan fingerprint density at radius 2 is 1.97 bits per heavy atom. The predicted octanol–water partition coefficient (Wildman–Crippen LogP) is 0.740. The van der Waals surface area contributed by atoms with Gasteiger partial charge in [0.1, 0.15) is 5.82 Å². The van der Waals surface area contributed by atoms with Crippen molar-refractivity contribution in [2.45, 2.75) is 24.8 Å². The monoisotopic (exact) mass is 452 g/mol. The summed E-state index contributed by atoms with van der Waals surface area (Å²) in [6.07, 6.45) is 1.91. The lowest BCUT2D eigenvalue weighted by Crippen LogP contribution is -2.28. The van der Waals surface area contributed by atoms with Gasteiger partial charge >= 0.3 is 5.97 Å². The molecule has 168 valence electrons. The van der Waals surface area contributed by atoms with Gasteiger partial charge in [0.15, 0.2) is 23.1 Å². The van der Waals surface area contributed by atoms with E-state index in [-0.39, 0.29) is 18.0 Å². The fraction of sp³-hybridized carbons (Fsp3) is 0.421. The van der Waals surface area contributed by atoms with Crippen LogP contribution < -0.4 is 19.5 Å². The van der Waals surface area contributed by atoms with Crippen molar-refractivity contribution < 1.29 is 32.2 Å².